The van der Waals surface area contributed by atoms with E-state index in [1.165, 1.54) is 7.11 Å². The van der Waals surface area contributed by atoms with Crippen LogP contribution in [0.2, 0.25) is 0 Å². The summed E-state index contributed by atoms with van der Waals surface area (Å²) in [4.78, 5) is 11.3. The number of fused-ring (bicyclic) bond motifs is 1. The van der Waals surface area contributed by atoms with Gasteiger partial charge in [0.15, 0.2) is 0 Å². The van der Waals surface area contributed by atoms with Gasteiger partial charge in [-0.15, -0.1) is 0 Å². The van der Waals surface area contributed by atoms with E-state index in [0.29, 0.717) is 5.71 Å². The molecule has 66 valence electrons. The Morgan fingerprint density at radius 1 is 1.62 bits per heavy atom. The zero-order valence-corrected chi connectivity index (χ0v) is 7.10. The first-order valence-corrected chi connectivity index (χ1v) is 3.90. The van der Waals surface area contributed by atoms with Crippen molar-refractivity contribution in [2.45, 2.75) is 0 Å². The number of allylic oxidation sites excluding steroid dienone is 3. The van der Waals surface area contributed by atoms with Gasteiger partial charge in [0.1, 0.15) is 5.92 Å². The number of carbonyl (C=O) groups excluding carboxylic acids is 1. The van der Waals surface area contributed by atoms with E-state index in [2.05, 4.69) is 14.9 Å². The summed E-state index contributed by atoms with van der Waals surface area (Å²) in [5, 5.41) is 7.62. The van der Waals surface area contributed by atoms with Crippen LogP contribution in [0.5, 0.6) is 0 Å². The van der Waals surface area contributed by atoms with Gasteiger partial charge in [-0.3, -0.25) is 4.79 Å². The van der Waals surface area contributed by atoms with E-state index < -0.39 is 5.92 Å². The lowest BCUT2D eigenvalue weighted by Crippen LogP contribution is -2.25. The Morgan fingerprint density at radius 3 is 3.23 bits per heavy atom. The Morgan fingerprint density at radius 2 is 2.46 bits per heavy atom. The zero-order chi connectivity index (χ0) is 9.26. The quantitative estimate of drug-likeness (QED) is 0.552. The van der Waals surface area contributed by atoms with Crippen molar-refractivity contribution in [3.63, 3.8) is 0 Å². The lowest BCUT2D eigenvalue weighted by atomic mass is 9.93. The molecule has 0 aromatic carbocycles. The lowest BCUT2D eigenvalue weighted by Gasteiger charge is -2.13. The fraction of sp³-hybridized carbons (Fsp3) is 0.222. The van der Waals surface area contributed by atoms with Crippen LogP contribution in [-0.4, -0.2) is 25.0 Å². The molecule has 2 aliphatic rings. The Balaban J connectivity index is 2.30. The molecule has 1 aliphatic heterocycles. The normalized spacial score (nSPS) is 23.6. The van der Waals surface area contributed by atoms with Crippen LogP contribution in [0.1, 0.15) is 0 Å². The van der Waals surface area contributed by atoms with Crippen LogP contribution < -0.4 is 0 Å². The monoisotopic (exact) mass is 176 g/mol. The maximum atomic E-state index is 11.3. The molecule has 0 N–H and O–H groups in total. The third-order valence-electron chi connectivity index (χ3n) is 1.99. The van der Waals surface area contributed by atoms with Crippen molar-refractivity contribution in [2.75, 3.05) is 7.11 Å². The van der Waals surface area contributed by atoms with Gasteiger partial charge < -0.3 is 4.74 Å². The van der Waals surface area contributed by atoms with Crippen LogP contribution in [0.3, 0.4) is 0 Å². The molecule has 1 atom stereocenters. The molecule has 1 heterocycles. The van der Waals surface area contributed by atoms with Crippen molar-refractivity contribution in [3.05, 3.63) is 23.8 Å². The first kappa shape index (κ1) is 7.91. The third-order valence-corrected chi connectivity index (χ3v) is 1.99. The van der Waals surface area contributed by atoms with E-state index in [9.17, 15) is 4.79 Å². The first-order chi connectivity index (χ1) is 6.33. The maximum absolute atomic E-state index is 11.3. The molecule has 0 radical (unpaired) electrons. The number of nitrogens with zero attached hydrogens (tertiary/aromatic N) is 2. The molecule has 4 nitrogen and oxygen atoms in total. The largest absolute Gasteiger partial charge is 0.468 e. The smallest absolute Gasteiger partial charge is 0.318 e. The molecule has 0 aromatic heterocycles. The van der Waals surface area contributed by atoms with Gasteiger partial charge in [-0.25, -0.2) is 0 Å². The van der Waals surface area contributed by atoms with E-state index in [1.807, 2.05) is 12.2 Å². The summed E-state index contributed by atoms with van der Waals surface area (Å²) in [6, 6.07) is 0. The van der Waals surface area contributed by atoms with Crippen molar-refractivity contribution in [2.24, 2.45) is 16.1 Å². The molecule has 0 aromatic rings. The van der Waals surface area contributed by atoms with Crippen molar-refractivity contribution in [1.82, 2.24) is 0 Å². The van der Waals surface area contributed by atoms with Crippen LogP contribution in [0, 0.1) is 5.92 Å². The number of ether oxygens (including phenoxy) is 1. The van der Waals surface area contributed by atoms with Gasteiger partial charge in [-0.2, -0.15) is 10.2 Å². The van der Waals surface area contributed by atoms with Crippen LogP contribution in [0.25, 0.3) is 0 Å². The molecule has 0 unspecified atom stereocenters. The molecule has 0 bridgehead atoms. The minimum Gasteiger partial charge on any atom is -0.468 e. The van der Waals surface area contributed by atoms with Crippen LogP contribution >= 0.6 is 0 Å². The number of carbonyl (C=O) groups is 1. The lowest BCUT2D eigenvalue weighted by molar-refractivity contribution is -0.141. The molecule has 13 heavy (non-hydrogen) atoms. The molecule has 1 aliphatic carbocycles. The molecule has 0 saturated heterocycles. The Labute approximate surface area is 75.3 Å². The SMILES string of the molecule is COC(=O)[C@@H]1C=CC=C2C=NN=C21. The second kappa shape index (κ2) is 2.97. The molecule has 4 heteroatoms. The number of esters is 1. The molecule has 0 saturated carbocycles. The average Bonchev–Trinajstić information content (AvgIpc) is 2.63. The summed E-state index contributed by atoms with van der Waals surface area (Å²) in [6.45, 7) is 0. The zero-order valence-electron chi connectivity index (χ0n) is 7.10. The van der Waals surface area contributed by atoms with Gasteiger partial charge in [-0.05, 0) is 0 Å². The standard InChI is InChI=1S/C9H8N2O2/c1-13-9(12)7-4-2-3-6-5-10-11-8(6)7/h2-5,7H,1H3/t7-/m1/s1. The van der Waals surface area contributed by atoms with Crippen molar-refractivity contribution in [1.29, 1.82) is 0 Å². The molecule has 0 amide bonds. The van der Waals surface area contributed by atoms with Crippen molar-refractivity contribution >= 4 is 17.9 Å². The Kier molecular flexibility index (Phi) is 1.81. The number of hydrogen-bond donors (Lipinski definition) is 0. The topological polar surface area (TPSA) is 51.0 Å². The highest BCUT2D eigenvalue weighted by atomic mass is 16.5. The summed E-state index contributed by atoms with van der Waals surface area (Å²) in [7, 11) is 1.37. The van der Waals surface area contributed by atoms with Gasteiger partial charge in [0.2, 0.25) is 0 Å². The number of rotatable bonds is 1. The predicted molar refractivity (Wildman–Crippen MR) is 48.7 cm³/mol. The average molecular weight is 176 g/mol. The van der Waals surface area contributed by atoms with Gasteiger partial charge in [0.05, 0.1) is 19.0 Å². The summed E-state index contributed by atoms with van der Waals surface area (Å²) in [5.74, 6) is -0.696. The summed E-state index contributed by atoms with van der Waals surface area (Å²) >= 11 is 0. The fourth-order valence-corrected chi connectivity index (χ4v) is 1.33. The molecular formula is C9H8N2O2. The van der Waals surface area contributed by atoms with Crippen molar-refractivity contribution < 1.29 is 9.53 Å². The second-order valence-corrected chi connectivity index (χ2v) is 2.74. The summed E-state index contributed by atoms with van der Waals surface area (Å²) in [6.07, 6.45) is 7.07. The van der Waals surface area contributed by atoms with Crippen molar-refractivity contribution in [3.8, 4) is 0 Å². The number of methoxy groups -OCH3 is 1. The van der Waals surface area contributed by atoms with Crippen LogP contribution in [-0.2, 0) is 9.53 Å². The highest BCUT2D eigenvalue weighted by Crippen LogP contribution is 2.19. The predicted octanol–water partition coefficient (Wildman–Crippen LogP) is 0.712. The minimum atomic E-state index is -0.396. The third kappa shape index (κ3) is 1.20. The molecule has 0 spiro atoms. The highest BCUT2D eigenvalue weighted by Gasteiger charge is 2.28. The Hall–Kier alpha value is -1.71. The summed E-state index contributed by atoms with van der Waals surface area (Å²) in [5.41, 5.74) is 1.56. The maximum Gasteiger partial charge on any atom is 0.318 e. The van der Waals surface area contributed by atoms with Gasteiger partial charge in [0, 0.05) is 5.57 Å². The molecule has 0 fully saturated rings. The van der Waals surface area contributed by atoms with E-state index in [-0.39, 0.29) is 5.97 Å². The second-order valence-electron chi connectivity index (χ2n) is 2.74. The van der Waals surface area contributed by atoms with E-state index >= 15 is 0 Å². The molecule has 2 rings (SSSR count). The minimum absolute atomic E-state index is 0.300. The Bertz CT molecular complexity index is 364. The van der Waals surface area contributed by atoms with E-state index in [0.717, 1.165) is 5.57 Å². The first-order valence-electron chi connectivity index (χ1n) is 3.90. The highest BCUT2D eigenvalue weighted by molar-refractivity contribution is 6.25. The number of hydrogen-bond acceptors (Lipinski definition) is 4. The van der Waals surface area contributed by atoms with Crippen LogP contribution in [0.15, 0.2) is 34.0 Å². The summed E-state index contributed by atoms with van der Waals surface area (Å²) < 4.78 is 4.64. The molecular weight excluding hydrogens is 168 g/mol. The van der Waals surface area contributed by atoms with E-state index in [1.54, 1.807) is 12.3 Å². The van der Waals surface area contributed by atoms with Crippen LogP contribution in [0.4, 0.5) is 0 Å². The van der Waals surface area contributed by atoms with Gasteiger partial charge >= 0.3 is 5.97 Å². The fourth-order valence-electron chi connectivity index (χ4n) is 1.33. The van der Waals surface area contributed by atoms with E-state index in [4.69, 9.17) is 0 Å². The van der Waals surface area contributed by atoms with Gasteiger partial charge in [0.25, 0.3) is 0 Å². The van der Waals surface area contributed by atoms with Gasteiger partial charge in [-0.1, -0.05) is 18.2 Å².